The van der Waals surface area contributed by atoms with Crippen LogP contribution in [0.4, 0.5) is 0 Å². The Morgan fingerprint density at radius 1 is 1.38 bits per heavy atom. The lowest BCUT2D eigenvalue weighted by molar-refractivity contribution is -0.121. The first kappa shape index (κ1) is 12.4. The van der Waals surface area contributed by atoms with E-state index in [1.165, 1.54) is 0 Å². The molecule has 0 atom stereocenters. The molecule has 0 unspecified atom stereocenters. The van der Waals surface area contributed by atoms with Gasteiger partial charge in [0.1, 0.15) is 6.54 Å². The Morgan fingerprint density at radius 3 is 2.50 bits per heavy atom. The van der Waals surface area contributed by atoms with Gasteiger partial charge in [0.2, 0.25) is 11.7 Å². The molecular weight excluding hydrogens is 230 g/mol. The van der Waals surface area contributed by atoms with Crippen molar-refractivity contribution < 1.29 is 14.4 Å². The molecule has 2 amide bonds. The van der Waals surface area contributed by atoms with Crippen molar-refractivity contribution in [1.82, 2.24) is 4.90 Å². The fourth-order valence-electron chi connectivity index (χ4n) is 1.26. The second-order valence-corrected chi connectivity index (χ2v) is 3.63. The van der Waals surface area contributed by atoms with Crippen molar-refractivity contribution in [3.8, 4) is 0 Å². The largest absolute Gasteiger partial charge is 0.279 e. The zero-order valence-electron chi connectivity index (χ0n) is 8.64. The smallest absolute Gasteiger partial charge is 0.260 e. The summed E-state index contributed by atoms with van der Waals surface area (Å²) in [5.41, 5.74) is 1.12. The van der Waals surface area contributed by atoms with E-state index in [1.807, 2.05) is 0 Å². The maximum Gasteiger partial charge on any atom is 0.260 e. The molecule has 84 valence electrons. The third-order valence-electron chi connectivity index (χ3n) is 2.06. The summed E-state index contributed by atoms with van der Waals surface area (Å²) >= 11 is 5.13. The standard InChI is InChI=1S/C11H10ClNO3/c1-8-4-2-3-5-9(8)11(16)13(7-14)6-10(12)15/h2-5,7H,6H2,1H3. The number of imide groups is 1. The van der Waals surface area contributed by atoms with E-state index in [2.05, 4.69) is 0 Å². The van der Waals surface area contributed by atoms with Crippen molar-refractivity contribution in [2.24, 2.45) is 0 Å². The molecule has 1 aromatic carbocycles. The molecule has 1 aromatic rings. The predicted octanol–water partition coefficient (Wildman–Crippen LogP) is 1.36. The van der Waals surface area contributed by atoms with E-state index in [9.17, 15) is 14.4 Å². The van der Waals surface area contributed by atoms with Crippen molar-refractivity contribution in [2.45, 2.75) is 6.92 Å². The van der Waals surface area contributed by atoms with Crippen LogP contribution in [0, 0.1) is 6.92 Å². The van der Waals surface area contributed by atoms with Gasteiger partial charge in [0, 0.05) is 5.56 Å². The summed E-state index contributed by atoms with van der Waals surface area (Å²) in [6, 6.07) is 6.81. The molecule has 4 nitrogen and oxygen atoms in total. The lowest BCUT2D eigenvalue weighted by atomic mass is 10.1. The maximum absolute atomic E-state index is 11.8. The Balaban J connectivity index is 2.96. The average molecular weight is 240 g/mol. The topological polar surface area (TPSA) is 54.5 Å². The maximum atomic E-state index is 11.8. The van der Waals surface area contributed by atoms with Crippen LogP contribution >= 0.6 is 11.6 Å². The highest BCUT2D eigenvalue weighted by molar-refractivity contribution is 6.64. The number of benzene rings is 1. The molecule has 0 aliphatic rings. The van der Waals surface area contributed by atoms with Gasteiger partial charge in [-0.3, -0.25) is 19.3 Å². The minimum Gasteiger partial charge on any atom is -0.279 e. The number of rotatable bonds is 4. The summed E-state index contributed by atoms with van der Waals surface area (Å²) in [6.07, 6.45) is 0.301. The lowest BCUT2D eigenvalue weighted by Crippen LogP contribution is -2.33. The first-order valence-electron chi connectivity index (χ1n) is 4.56. The minimum absolute atomic E-state index is 0.301. The molecule has 0 aliphatic carbocycles. The first-order chi connectivity index (χ1) is 7.56. The van der Waals surface area contributed by atoms with Gasteiger partial charge in [-0.2, -0.15) is 0 Å². The van der Waals surface area contributed by atoms with E-state index in [1.54, 1.807) is 31.2 Å². The van der Waals surface area contributed by atoms with Gasteiger partial charge in [-0.1, -0.05) is 18.2 Å². The molecule has 0 heterocycles. The molecule has 16 heavy (non-hydrogen) atoms. The van der Waals surface area contributed by atoms with Crippen LogP contribution in [0.1, 0.15) is 15.9 Å². The Morgan fingerprint density at radius 2 is 2.00 bits per heavy atom. The molecule has 0 bridgehead atoms. The number of hydrogen-bond donors (Lipinski definition) is 0. The molecule has 0 spiro atoms. The highest BCUT2D eigenvalue weighted by Crippen LogP contribution is 2.09. The fourth-order valence-corrected chi connectivity index (χ4v) is 1.39. The van der Waals surface area contributed by atoms with Gasteiger partial charge in [0.15, 0.2) is 0 Å². The molecule has 0 fully saturated rings. The molecule has 1 rings (SSSR count). The Hall–Kier alpha value is -1.68. The van der Waals surface area contributed by atoms with Gasteiger partial charge in [-0.25, -0.2) is 0 Å². The van der Waals surface area contributed by atoms with Crippen LogP contribution in [0.2, 0.25) is 0 Å². The summed E-state index contributed by atoms with van der Waals surface area (Å²) in [4.78, 5) is 33.9. The number of hydrogen-bond acceptors (Lipinski definition) is 3. The van der Waals surface area contributed by atoms with E-state index in [0.717, 1.165) is 10.5 Å². The molecule has 5 heteroatoms. The van der Waals surface area contributed by atoms with Crippen molar-refractivity contribution in [3.05, 3.63) is 35.4 Å². The molecule has 0 saturated heterocycles. The van der Waals surface area contributed by atoms with Gasteiger partial charge in [-0.15, -0.1) is 0 Å². The highest BCUT2D eigenvalue weighted by atomic mass is 35.5. The number of aryl methyl sites for hydroxylation is 1. The van der Waals surface area contributed by atoms with Crippen LogP contribution < -0.4 is 0 Å². The highest BCUT2D eigenvalue weighted by Gasteiger charge is 2.18. The normalized spacial score (nSPS) is 9.62. The van der Waals surface area contributed by atoms with Crippen LogP contribution in [0.25, 0.3) is 0 Å². The lowest BCUT2D eigenvalue weighted by Gasteiger charge is -2.14. The molecule has 0 aliphatic heterocycles. The Bertz CT molecular complexity index is 431. The third-order valence-corrected chi connectivity index (χ3v) is 2.18. The molecule has 0 radical (unpaired) electrons. The molecule has 0 N–H and O–H groups in total. The van der Waals surface area contributed by atoms with Crippen molar-refractivity contribution in [2.75, 3.05) is 6.54 Å². The fraction of sp³-hybridized carbons (Fsp3) is 0.182. The van der Waals surface area contributed by atoms with E-state index in [-0.39, 0.29) is 0 Å². The quantitative estimate of drug-likeness (QED) is 0.589. The summed E-state index contributed by atoms with van der Waals surface area (Å²) in [7, 11) is 0. The Labute approximate surface area is 97.8 Å². The number of halogens is 1. The second kappa shape index (κ2) is 5.42. The van der Waals surface area contributed by atoms with E-state index < -0.39 is 17.7 Å². The predicted molar refractivity (Wildman–Crippen MR) is 59.1 cm³/mol. The monoisotopic (exact) mass is 239 g/mol. The number of amides is 2. The van der Waals surface area contributed by atoms with E-state index in [0.29, 0.717) is 12.0 Å². The van der Waals surface area contributed by atoms with Gasteiger partial charge < -0.3 is 0 Å². The van der Waals surface area contributed by atoms with Gasteiger partial charge in [0.05, 0.1) is 0 Å². The van der Waals surface area contributed by atoms with Crippen LogP contribution in [-0.2, 0) is 9.59 Å². The molecular formula is C11H10ClNO3. The van der Waals surface area contributed by atoms with Crippen molar-refractivity contribution in [1.29, 1.82) is 0 Å². The van der Waals surface area contributed by atoms with Crippen molar-refractivity contribution >= 4 is 29.2 Å². The van der Waals surface area contributed by atoms with E-state index >= 15 is 0 Å². The van der Waals surface area contributed by atoms with E-state index in [4.69, 9.17) is 11.6 Å². The third kappa shape index (κ3) is 2.90. The number of nitrogens with zero attached hydrogens (tertiary/aromatic N) is 1. The Kier molecular flexibility index (Phi) is 4.19. The average Bonchev–Trinajstić information content (AvgIpc) is 2.25. The molecule has 0 aromatic heterocycles. The van der Waals surface area contributed by atoms with Gasteiger partial charge >= 0.3 is 0 Å². The van der Waals surface area contributed by atoms with Crippen LogP contribution in [0.15, 0.2) is 24.3 Å². The van der Waals surface area contributed by atoms with Crippen molar-refractivity contribution in [3.63, 3.8) is 0 Å². The summed E-state index contributed by atoms with van der Waals surface area (Å²) in [6.45, 7) is 1.33. The summed E-state index contributed by atoms with van der Waals surface area (Å²) < 4.78 is 0. The first-order valence-corrected chi connectivity index (χ1v) is 4.94. The second-order valence-electron chi connectivity index (χ2n) is 3.21. The van der Waals surface area contributed by atoms with Crippen LogP contribution in [0.5, 0.6) is 0 Å². The zero-order chi connectivity index (χ0) is 12.1. The minimum atomic E-state index is -0.756. The van der Waals surface area contributed by atoms with Gasteiger partial charge in [-0.05, 0) is 30.2 Å². The number of carbonyl (C=O) groups excluding carboxylic acids is 3. The van der Waals surface area contributed by atoms with Gasteiger partial charge in [0.25, 0.3) is 5.91 Å². The zero-order valence-corrected chi connectivity index (χ0v) is 9.40. The SMILES string of the molecule is Cc1ccccc1C(=O)N(C=O)CC(=O)Cl. The van der Waals surface area contributed by atoms with Crippen LogP contribution in [-0.4, -0.2) is 29.0 Å². The number of carbonyl (C=O) groups is 3. The molecule has 0 saturated carbocycles. The summed E-state index contributed by atoms with van der Waals surface area (Å²) in [5, 5.41) is -0.756. The van der Waals surface area contributed by atoms with Crippen LogP contribution in [0.3, 0.4) is 0 Å². The summed E-state index contributed by atoms with van der Waals surface area (Å²) in [5.74, 6) is -0.526.